The molecule has 0 unspecified atom stereocenters. The van der Waals surface area contributed by atoms with Crippen molar-refractivity contribution in [2.45, 2.75) is 52.0 Å². The highest BCUT2D eigenvalue weighted by molar-refractivity contribution is 5.97. The molecule has 2 aliphatic heterocycles. The predicted molar refractivity (Wildman–Crippen MR) is 108 cm³/mol. The molecular weight excluding hydrogens is 370 g/mol. The summed E-state index contributed by atoms with van der Waals surface area (Å²) in [4.78, 5) is 24.8. The number of nitrogens with zero attached hydrogens (tertiary/aromatic N) is 2. The van der Waals surface area contributed by atoms with Gasteiger partial charge in [-0.2, -0.15) is 5.10 Å². The lowest BCUT2D eigenvalue weighted by Crippen LogP contribution is -2.40. The van der Waals surface area contributed by atoms with Gasteiger partial charge in [0.05, 0.1) is 29.1 Å². The van der Waals surface area contributed by atoms with E-state index >= 15 is 0 Å². The van der Waals surface area contributed by atoms with Crippen LogP contribution in [0.4, 0.5) is 0 Å². The average Bonchev–Trinajstić information content (AvgIpc) is 3.36. The van der Waals surface area contributed by atoms with Gasteiger partial charge in [0, 0.05) is 32.7 Å². The number of amides is 1. The van der Waals surface area contributed by atoms with Gasteiger partial charge in [0.1, 0.15) is 0 Å². The minimum absolute atomic E-state index is 0.0159. The number of hydrogen-bond donors (Lipinski definition) is 1. The van der Waals surface area contributed by atoms with Gasteiger partial charge in [-0.25, -0.2) is 4.79 Å². The molecule has 7 heteroatoms. The zero-order chi connectivity index (χ0) is 20.3. The first-order valence-electron chi connectivity index (χ1n) is 10.6. The highest BCUT2D eigenvalue weighted by atomic mass is 16.5. The standard InChI is InChI=1S/C22H29N3O4/c1-2-17-19-18(14-22(15-23-20(19)26)8-12-28-13-9-22)25(24-17)10-5-11-29-21(27)16-6-3-4-7-16/h3,6-7H,2,4-5,8-15H2,1H3,(H,23,26). The first kappa shape index (κ1) is 19.9. The van der Waals surface area contributed by atoms with E-state index in [1.807, 2.05) is 23.8 Å². The Balaban J connectivity index is 1.47. The van der Waals surface area contributed by atoms with Gasteiger partial charge in [0.15, 0.2) is 0 Å². The maximum Gasteiger partial charge on any atom is 0.337 e. The summed E-state index contributed by atoms with van der Waals surface area (Å²) in [5, 5.41) is 7.87. The van der Waals surface area contributed by atoms with Gasteiger partial charge in [-0.3, -0.25) is 9.48 Å². The van der Waals surface area contributed by atoms with Crippen molar-refractivity contribution in [3.05, 3.63) is 40.8 Å². The van der Waals surface area contributed by atoms with Crippen LogP contribution in [0.25, 0.3) is 0 Å². The van der Waals surface area contributed by atoms with Gasteiger partial charge in [0.2, 0.25) is 0 Å². The number of nitrogens with one attached hydrogen (secondary N) is 1. The lowest BCUT2D eigenvalue weighted by molar-refractivity contribution is -0.138. The molecule has 0 bridgehead atoms. The van der Waals surface area contributed by atoms with Crippen molar-refractivity contribution < 1.29 is 19.1 Å². The van der Waals surface area contributed by atoms with Crippen molar-refractivity contribution in [3.63, 3.8) is 0 Å². The van der Waals surface area contributed by atoms with Crippen LogP contribution >= 0.6 is 0 Å². The van der Waals surface area contributed by atoms with E-state index in [1.165, 1.54) is 0 Å². The van der Waals surface area contributed by atoms with Crippen molar-refractivity contribution in [1.82, 2.24) is 15.1 Å². The Labute approximate surface area is 171 Å². The molecule has 1 fully saturated rings. The molecule has 0 aromatic carbocycles. The summed E-state index contributed by atoms with van der Waals surface area (Å²) < 4.78 is 12.9. The number of aryl methyl sites for hydroxylation is 2. The van der Waals surface area contributed by atoms with Gasteiger partial charge >= 0.3 is 5.97 Å². The van der Waals surface area contributed by atoms with Crippen LogP contribution in [0.15, 0.2) is 23.8 Å². The molecule has 3 aliphatic rings. The van der Waals surface area contributed by atoms with Crippen LogP contribution in [0.2, 0.25) is 0 Å². The first-order chi connectivity index (χ1) is 14.1. The van der Waals surface area contributed by atoms with E-state index in [-0.39, 0.29) is 17.3 Å². The SMILES string of the molecule is CCc1nn(CCCOC(=O)C2=CCC=C2)c2c1C(=O)NCC1(CCOCC1)C2. The summed E-state index contributed by atoms with van der Waals surface area (Å²) in [5.41, 5.74) is 3.28. The summed E-state index contributed by atoms with van der Waals surface area (Å²) in [7, 11) is 0. The molecule has 1 amide bonds. The Morgan fingerprint density at radius 1 is 1.38 bits per heavy atom. The Bertz CT molecular complexity index is 846. The molecule has 0 radical (unpaired) electrons. The number of fused-ring (bicyclic) bond motifs is 1. The van der Waals surface area contributed by atoms with Crippen LogP contribution < -0.4 is 5.32 Å². The normalized spacial score (nSPS) is 20.2. The summed E-state index contributed by atoms with van der Waals surface area (Å²) in [5.74, 6) is -0.286. The molecule has 156 valence electrons. The van der Waals surface area contributed by atoms with Gasteiger partial charge in [-0.1, -0.05) is 25.2 Å². The predicted octanol–water partition coefficient (Wildman–Crippen LogP) is 2.35. The third-order valence-electron chi connectivity index (χ3n) is 6.17. The average molecular weight is 399 g/mol. The third kappa shape index (κ3) is 4.15. The van der Waals surface area contributed by atoms with Crippen LogP contribution in [-0.2, 0) is 33.7 Å². The van der Waals surface area contributed by atoms with Crippen LogP contribution in [0, 0.1) is 5.41 Å². The maximum absolute atomic E-state index is 12.8. The highest BCUT2D eigenvalue weighted by Gasteiger charge is 2.39. The second-order valence-electron chi connectivity index (χ2n) is 8.10. The smallest absolute Gasteiger partial charge is 0.337 e. The number of carbonyl (C=O) groups is 2. The molecule has 3 heterocycles. The summed E-state index contributed by atoms with van der Waals surface area (Å²) >= 11 is 0. The van der Waals surface area contributed by atoms with Gasteiger partial charge in [-0.05, 0) is 37.5 Å². The number of aromatic nitrogens is 2. The van der Waals surface area contributed by atoms with E-state index in [0.29, 0.717) is 38.1 Å². The van der Waals surface area contributed by atoms with Gasteiger partial charge in [-0.15, -0.1) is 0 Å². The molecule has 1 aromatic heterocycles. The topological polar surface area (TPSA) is 82.5 Å². The number of rotatable bonds is 6. The fourth-order valence-corrected chi connectivity index (χ4v) is 4.43. The number of allylic oxidation sites excluding steroid dienone is 2. The fraction of sp³-hybridized carbons (Fsp3) is 0.591. The monoisotopic (exact) mass is 399 g/mol. The van der Waals surface area contributed by atoms with E-state index in [0.717, 1.165) is 55.8 Å². The minimum atomic E-state index is -0.271. The van der Waals surface area contributed by atoms with Crippen LogP contribution in [0.3, 0.4) is 0 Å². The number of hydrogen-bond acceptors (Lipinski definition) is 5. The largest absolute Gasteiger partial charge is 0.462 e. The number of ether oxygens (including phenoxy) is 2. The molecule has 1 aromatic rings. The number of carbonyl (C=O) groups excluding carboxylic acids is 2. The Morgan fingerprint density at radius 2 is 2.21 bits per heavy atom. The van der Waals surface area contributed by atoms with Crippen LogP contribution in [0.5, 0.6) is 0 Å². The van der Waals surface area contributed by atoms with E-state index in [2.05, 4.69) is 5.32 Å². The first-order valence-corrected chi connectivity index (χ1v) is 10.6. The van der Waals surface area contributed by atoms with Gasteiger partial charge < -0.3 is 14.8 Å². The Hall–Kier alpha value is -2.41. The molecule has 4 rings (SSSR count). The lowest BCUT2D eigenvalue weighted by Gasteiger charge is -2.36. The molecule has 29 heavy (non-hydrogen) atoms. The molecule has 0 saturated carbocycles. The molecular formula is C22H29N3O4. The summed E-state index contributed by atoms with van der Waals surface area (Å²) in [6.45, 7) is 5.16. The molecule has 1 spiro atoms. The van der Waals surface area contributed by atoms with Crippen molar-refractivity contribution in [3.8, 4) is 0 Å². The zero-order valence-corrected chi connectivity index (χ0v) is 17.0. The second kappa shape index (κ2) is 8.53. The minimum Gasteiger partial charge on any atom is -0.462 e. The Kier molecular flexibility index (Phi) is 5.85. The van der Waals surface area contributed by atoms with E-state index in [4.69, 9.17) is 14.6 Å². The molecule has 0 atom stereocenters. The summed E-state index contributed by atoms with van der Waals surface area (Å²) in [6, 6.07) is 0. The highest BCUT2D eigenvalue weighted by Crippen LogP contribution is 2.37. The van der Waals surface area contributed by atoms with Crippen molar-refractivity contribution in [2.75, 3.05) is 26.4 Å². The molecule has 1 aliphatic carbocycles. The maximum atomic E-state index is 12.8. The summed E-state index contributed by atoms with van der Waals surface area (Å²) in [6.07, 6.45) is 10.5. The van der Waals surface area contributed by atoms with Gasteiger partial charge in [0.25, 0.3) is 5.91 Å². The Morgan fingerprint density at radius 3 is 2.93 bits per heavy atom. The van der Waals surface area contributed by atoms with E-state index in [1.54, 1.807) is 6.08 Å². The van der Waals surface area contributed by atoms with Crippen molar-refractivity contribution >= 4 is 11.9 Å². The van der Waals surface area contributed by atoms with Crippen LogP contribution in [-0.4, -0.2) is 48.0 Å². The molecule has 7 nitrogen and oxygen atoms in total. The number of esters is 1. The quantitative estimate of drug-likeness (QED) is 0.587. The van der Waals surface area contributed by atoms with Crippen molar-refractivity contribution in [1.29, 1.82) is 0 Å². The van der Waals surface area contributed by atoms with E-state index < -0.39 is 0 Å². The van der Waals surface area contributed by atoms with Crippen molar-refractivity contribution in [2.24, 2.45) is 5.41 Å². The molecule has 1 saturated heterocycles. The lowest BCUT2D eigenvalue weighted by atomic mass is 9.76. The zero-order valence-electron chi connectivity index (χ0n) is 17.0. The van der Waals surface area contributed by atoms with E-state index in [9.17, 15) is 9.59 Å². The molecule has 1 N–H and O–H groups in total. The third-order valence-corrected chi connectivity index (χ3v) is 6.17. The fourth-order valence-electron chi connectivity index (χ4n) is 4.43. The van der Waals surface area contributed by atoms with Crippen LogP contribution in [0.1, 0.15) is 54.4 Å². The second-order valence-corrected chi connectivity index (χ2v) is 8.10.